The first-order valence-corrected chi connectivity index (χ1v) is 7.99. The minimum Gasteiger partial charge on any atom is -0.496 e. The number of benzene rings is 2. The minimum atomic E-state index is 0.136. The highest BCUT2D eigenvalue weighted by atomic mass is 79.9. The molecule has 3 heteroatoms. The summed E-state index contributed by atoms with van der Waals surface area (Å²) in [6.07, 6.45) is 0. The van der Waals surface area contributed by atoms with Crippen molar-refractivity contribution >= 4 is 15.9 Å². The van der Waals surface area contributed by atoms with Gasteiger partial charge in [-0.2, -0.15) is 0 Å². The summed E-state index contributed by atoms with van der Waals surface area (Å²) in [5.74, 6) is 0.898. The van der Waals surface area contributed by atoms with Crippen LogP contribution in [0.4, 0.5) is 0 Å². The van der Waals surface area contributed by atoms with E-state index >= 15 is 0 Å². The molecule has 1 unspecified atom stereocenters. The lowest BCUT2D eigenvalue weighted by atomic mass is 9.95. The second-order valence-corrected chi connectivity index (χ2v) is 6.21. The molecule has 1 atom stereocenters. The van der Waals surface area contributed by atoms with Crippen molar-refractivity contribution in [2.75, 3.05) is 13.7 Å². The largest absolute Gasteiger partial charge is 0.496 e. The van der Waals surface area contributed by atoms with Gasteiger partial charge < -0.3 is 10.1 Å². The van der Waals surface area contributed by atoms with E-state index in [-0.39, 0.29) is 6.04 Å². The van der Waals surface area contributed by atoms with Crippen LogP contribution in [0.15, 0.2) is 40.9 Å². The first-order valence-electron chi connectivity index (χ1n) is 7.20. The van der Waals surface area contributed by atoms with Crippen LogP contribution in [0.5, 0.6) is 5.75 Å². The Bertz CT molecular complexity index is 604. The fraction of sp³-hybridized carbons (Fsp3) is 0.333. The lowest BCUT2D eigenvalue weighted by Gasteiger charge is -2.22. The molecule has 0 amide bonds. The SMILES string of the molecule is CCNC(c1cc(C)cc(C)c1)c1ccc(Br)cc1OC. The van der Waals surface area contributed by atoms with E-state index in [0.29, 0.717) is 0 Å². The summed E-state index contributed by atoms with van der Waals surface area (Å²) in [6.45, 7) is 7.30. The maximum absolute atomic E-state index is 5.57. The van der Waals surface area contributed by atoms with E-state index in [0.717, 1.165) is 22.3 Å². The zero-order valence-electron chi connectivity index (χ0n) is 13.0. The topological polar surface area (TPSA) is 21.3 Å². The van der Waals surface area contributed by atoms with Crippen molar-refractivity contribution in [3.63, 3.8) is 0 Å². The van der Waals surface area contributed by atoms with Gasteiger partial charge in [0, 0.05) is 10.0 Å². The molecule has 112 valence electrons. The number of hydrogen-bond acceptors (Lipinski definition) is 2. The first-order chi connectivity index (χ1) is 10.0. The Morgan fingerprint density at radius 2 is 1.76 bits per heavy atom. The Morgan fingerprint density at radius 3 is 2.33 bits per heavy atom. The van der Waals surface area contributed by atoms with Gasteiger partial charge in [0.25, 0.3) is 0 Å². The fourth-order valence-electron chi connectivity index (χ4n) is 2.71. The Kier molecular flexibility index (Phi) is 5.43. The summed E-state index contributed by atoms with van der Waals surface area (Å²) in [4.78, 5) is 0. The molecule has 0 saturated carbocycles. The quantitative estimate of drug-likeness (QED) is 0.840. The molecule has 2 aromatic rings. The number of aryl methyl sites for hydroxylation is 2. The van der Waals surface area contributed by atoms with Crippen LogP contribution in [-0.4, -0.2) is 13.7 Å². The second-order valence-electron chi connectivity index (χ2n) is 5.30. The molecule has 0 saturated heterocycles. The van der Waals surface area contributed by atoms with Gasteiger partial charge >= 0.3 is 0 Å². The van der Waals surface area contributed by atoms with E-state index in [4.69, 9.17) is 4.74 Å². The van der Waals surface area contributed by atoms with Crippen LogP contribution in [0, 0.1) is 13.8 Å². The molecule has 0 radical (unpaired) electrons. The van der Waals surface area contributed by atoms with E-state index in [1.165, 1.54) is 16.7 Å². The van der Waals surface area contributed by atoms with Gasteiger partial charge in [0.15, 0.2) is 0 Å². The first kappa shape index (κ1) is 16.1. The van der Waals surface area contributed by atoms with E-state index in [9.17, 15) is 0 Å². The molecule has 21 heavy (non-hydrogen) atoms. The van der Waals surface area contributed by atoms with Crippen LogP contribution in [0.1, 0.15) is 35.2 Å². The summed E-state index contributed by atoms with van der Waals surface area (Å²) >= 11 is 3.50. The molecular formula is C18H22BrNO. The maximum Gasteiger partial charge on any atom is 0.125 e. The van der Waals surface area contributed by atoms with Crippen molar-refractivity contribution in [3.8, 4) is 5.75 Å². The van der Waals surface area contributed by atoms with Crippen LogP contribution in [0.3, 0.4) is 0 Å². The van der Waals surface area contributed by atoms with Crippen LogP contribution in [-0.2, 0) is 0 Å². The molecule has 0 aromatic heterocycles. The summed E-state index contributed by atoms with van der Waals surface area (Å²) < 4.78 is 6.59. The van der Waals surface area contributed by atoms with Crippen molar-refractivity contribution in [2.45, 2.75) is 26.8 Å². The van der Waals surface area contributed by atoms with E-state index in [2.05, 4.69) is 72.3 Å². The minimum absolute atomic E-state index is 0.136. The summed E-state index contributed by atoms with van der Waals surface area (Å²) in [7, 11) is 1.72. The van der Waals surface area contributed by atoms with Crippen molar-refractivity contribution < 1.29 is 4.74 Å². The number of rotatable bonds is 5. The van der Waals surface area contributed by atoms with Crippen LogP contribution in [0.25, 0.3) is 0 Å². The highest BCUT2D eigenvalue weighted by Gasteiger charge is 2.18. The zero-order valence-corrected chi connectivity index (χ0v) is 14.6. The Morgan fingerprint density at radius 1 is 1.10 bits per heavy atom. The van der Waals surface area contributed by atoms with Crippen molar-refractivity contribution in [2.24, 2.45) is 0 Å². The van der Waals surface area contributed by atoms with Crippen LogP contribution >= 0.6 is 15.9 Å². The van der Waals surface area contributed by atoms with Gasteiger partial charge in [-0.25, -0.2) is 0 Å². The van der Waals surface area contributed by atoms with Gasteiger partial charge in [0.05, 0.1) is 13.2 Å². The van der Waals surface area contributed by atoms with Gasteiger partial charge in [-0.15, -0.1) is 0 Å². The molecular weight excluding hydrogens is 326 g/mol. The van der Waals surface area contributed by atoms with E-state index < -0.39 is 0 Å². The van der Waals surface area contributed by atoms with E-state index in [1.54, 1.807) is 7.11 Å². The average molecular weight is 348 g/mol. The highest BCUT2D eigenvalue weighted by Crippen LogP contribution is 2.33. The van der Waals surface area contributed by atoms with Crippen LogP contribution < -0.4 is 10.1 Å². The maximum atomic E-state index is 5.57. The summed E-state index contributed by atoms with van der Waals surface area (Å²) in [6, 6.07) is 13.0. The van der Waals surface area contributed by atoms with Gasteiger partial charge in [-0.1, -0.05) is 58.2 Å². The lowest BCUT2D eigenvalue weighted by molar-refractivity contribution is 0.404. The monoisotopic (exact) mass is 347 g/mol. The predicted octanol–water partition coefficient (Wildman–Crippen LogP) is 4.77. The third-order valence-corrected chi connectivity index (χ3v) is 3.99. The zero-order chi connectivity index (χ0) is 15.4. The molecule has 0 aliphatic heterocycles. The Labute approximate surface area is 135 Å². The van der Waals surface area contributed by atoms with Gasteiger partial charge in [-0.05, 0) is 38.1 Å². The predicted molar refractivity (Wildman–Crippen MR) is 92.1 cm³/mol. The molecule has 2 aromatic carbocycles. The van der Waals surface area contributed by atoms with Crippen molar-refractivity contribution in [3.05, 3.63) is 63.1 Å². The smallest absolute Gasteiger partial charge is 0.125 e. The number of ether oxygens (including phenoxy) is 1. The summed E-state index contributed by atoms with van der Waals surface area (Å²) in [5, 5.41) is 3.57. The lowest BCUT2D eigenvalue weighted by Crippen LogP contribution is -2.22. The molecule has 0 fully saturated rings. The Balaban J connectivity index is 2.52. The standard InChI is InChI=1S/C18H22BrNO/c1-5-20-18(14-9-12(2)8-13(3)10-14)16-7-6-15(19)11-17(16)21-4/h6-11,18,20H,5H2,1-4H3. The fourth-order valence-corrected chi connectivity index (χ4v) is 3.05. The number of methoxy groups -OCH3 is 1. The number of nitrogens with one attached hydrogen (secondary N) is 1. The molecule has 2 rings (SSSR count). The van der Waals surface area contributed by atoms with Gasteiger partial charge in [0.2, 0.25) is 0 Å². The van der Waals surface area contributed by atoms with Crippen LogP contribution in [0.2, 0.25) is 0 Å². The van der Waals surface area contributed by atoms with Gasteiger partial charge in [0.1, 0.15) is 5.75 Å². The highest BCUT2D eigenvalue weighted by molar-refractivity contribution is 9.10. The Hall–Kier alpha value is -1.32. The molecule has 0 heterocycles. The number of hydrogen-bond donors (Lipinski definition) is 1. The number of halogens is 1. The second kappa shape index (κ2) is 7.10. The van der Waals surface area contributed by atoms with Gasteiger partial charge in [-0.3, -0.25) is 0 Å². The molecule has 0 bridgehead atoms. The third-order valence-electron chi connectivity index (χ3n) is 3.49. The van der Waals surface area contributed by atoms with Crippen molar-refractivity contribution in [1.82, 2.24) is 5.32 Å². The van der Waals surface area contributed by atoms with Crippen molar-refractivity contribution in [1.29, 1.82) is 0 Å². The van der Waals surface area contributed by atoms with E-state index in [1.807, 2.05) is 6.07 Å². The third kappa shape index (κ3) is 3.86. The molecule has 0 aliphatic carbocycles. The molecule has 2 nitrogen and oxygen atoms in total. The average Bonchev–Trinajstić information content (AvgIpc) is 2.44. The normalized spacial score (nSPS) is 12.2. The summed E-state index contributed by atoms with van der Waals surface area (Å²) in [5.41, 5.74) is 5.00. The molecule has 0 aliphatic rings. The molecule has 1 N–H and O–H groups in total. The molecule has 0 spiro atoms.